The minimum atomic E-state index is 0. The lowest BCUT2D eigenvalue weighted by atomic mass is 9.89. The molecule has 1 aromatic carbocycles. The van der Waals surface area contributed by atoms with Crippen molar-refractivity contribution in [3.63, 3.8) is 0 Å². The molecule has 2 heterocycles. The topological polar surface area (TPSA) is 46.3 Å². The molecule has 1 amide bonds. The number of carbonyl (C=O) groups excluding carboxylic acids is 1. The van der Waals surface area contributed by atoms with Gasteiger partial charge in [-0.25, -0.2) is 0 Å². The molecule has 1 aliphatic carbocycles. The average molecular weight is 363 g/mol. The Kier molecular flexibility index (Phi) is 5.28. The summed E-state index contributed by atoms with van der Waals surface area (Å²) in [5, 5.41) is 2.06. The maximum Gasteiger partial charge on any atom is 0.264 e. The van der Waals surface area contributed by atoms with Crippen LogP contribution in [0.25, 0.3) is 0 Å². The maximum absolute atomic E-state index is 13.0. The van der Waals surface area contributed by atoms with Crippen LogP contribution in [0.5, 0.6) is 0 Å². The Morgan fingerprint density at radius 3 is 2.58 bits per heavy atom. The maximum atomic E-state index is 13.0. The molecule has 0 spiro atoms. The van der Waals surface area contributed by atoms with Crippen LogP contribution < -0.4 is 5.73 Å². The minimum absolute atomic E-state index is 0. The summed E-state index contributed by atoms with van der Waals surface area (Å²) in [4.78, 5) is 16.0. The predicted octanol–water partition coefficient (Wildman–Crippen LogP) is 3.86. The van der Waals surface area contributed by atoms with Crippen molar-refractivity contribution in [3.05, 3.63) is 57.8 Å². The zero-order valence-electron chi connectivity index (χ0n) is 13.6. The van der Waals surface area contributed by atoms with Crippen LogP contribution >= 0.6 is 23.7 Å². The van der Waals surface area contributed by atoms with Crippen LogP contribution in [-0.2, 0) is 0 Å². The fraction of sp³-hybridized carbons (Fsp3) is 0.421. The van der Waals surface area contributed by atoms with Gasteiger partial charge < -0.3 is 10.6 Å². The van der Waals surface area contributed by atoms with Gasteiger partial charge in [0.2, 0.25) is 0 Å². The summed E-state index contributed by atoms with van der Waals surface area (Å²) in [7, 11) is 0. The Bertz CT molecular complexity index is 698. The molecule has 2 fully saturated rings. The molecule has 128 valence electrons. The Hall–Kier alpha value is -1.36. The number of hydrogen-bond acceptors (Lipinski definition) is 3. The van der Waals surface area contributed by atoms with E-state index in [-0.39, 0.29) is 18.3 Å². The number of rotatable bonds is 4. The van der Waals surface area contributed by atoms with Gasteiger partial charge in [0.25, 0.3) is 5.91 Å². The fourth-order valence-electron chi connectivity index (χ4n) is 3.71. The average Bonchev–Trinajstić information content (AvgIpc) is 3.16. The molecule has 3 nitrogen and oxygen atoms in total. The van der Waals surface area contributed by atoms with Gasteiger partial charge in [-0.1, -0.05) is 30.3 Å². The van der Waals surface area contributed by atoms with Crippen LogP contribution in [0.4, 0.5) is 0 Å². The molecule has 0 radical (unpaired) electrons. The van der Waals surface area contributed by atoms with Gasteiger partial charge >= 0.3 is 0 Å². The van der Waals surface area contributed by atoms with Gasteiger partial charge in [0.1, 0.15) is 0 Å². The zero-order valence-corrected chi connectivity index (χ0v) is 15.2. The number of amides is 1. The second kappa shape index (κ2) is 7.26. The number of carbonyl (C=O) groups is 1. The highest BCUT2D eigenvalue weighted by Gasteiger charge is 2.37. The summed E-state index contributed by atoms with van der Waals surface area (Å²) in [5.41, 5.74) is 8.56. The summed E-state index contributed by atoms with van der Waals surface area (Å²) in [6.07, 6.45) is 2.46. The molecule has 2 N–H and O–H groups in total. The Labute approximate surface area is 153 Å². The van der Waals surface area contributed by atoms with Gasteiger partial charge in [-0.3, -0.25) is 4.79 Å². The third kappa shape index (κ3) is 3.23. The Balaban J connectivity index is 0.00000169. The van der Waals surface area contributed by atoms with Gasteiger partial charge in [0, 0.05) is 19.0 Å². The second-order valence-electron chi connectivity index (χ2n) is 6.70. The number of likely N-dealkylation sites (tertiary alicyclic amines) is 1. The third-order valence-electron chi connectivity index (χ3n) is 5.17. The SMILES string of the molecule is Cl.NC[C@@H]1CN(C(=O)c2sccc2C2CC2)C[C@H]1c1ccccc1. The number of nitrogens with two attached hydrogens (primary N) is 1. The first kappa shape index (κ1) is 17.5. The highest BCUT2D eigenvalue weighted by Crippen LogP contribution is 2.44. The molecule has 5 heteroatoms. The molecule has 24 heavy (non-hydrogen) atoms. The van der Waals surface area contributed by atoms with Crippen LogP contribution in [0.2, 0.25) is 0 Å². The first-order valence-electron chi connectivity index (χ1n) is 8.39. The van der Waals surface area contributed by atoms with E-state index in [2.05, 4.69) is 35.7 Å². The van der Waals surface area contributed by atoms with E-state index < -0.39 is 0 Å². The molecular weight excluding hydrogens is 340 g/mol. The molecule has 0 unspecified atom stereocenters. The van der Waals surface area contributed by atoms with Gasteiger partial charge in [-0.05, 0) is 53.8 Å². The molecule has 1 aliphatic heterocycles. The smallest absolute Gasteiger partial charge is 0.264 e. The van der Waals surface area contributed by atoms with E-state index in [9.17, 15) is 4.79 Å². The lowest BCUT2D eigenvalue weighted by Gasteiger charge is -2.17. The fourth-order valence-corrected chi connectivity index (χ4v) is 4.66. The molecule has 2 atom stereocenters. The van der Waals surface area contributed by atoms with Crippen molar-refractivity contribution < 1.29 is 4.79 Å². The number of benzene rings is 1. The predicted molar refractivity (Wildman–Crippen MR) is 101 cm³/mol. The van der Waals surface area contributed by atoms with Crippen molar-refractivity contribution in [2.45, 2.75) is 24.7 Å². The van der Waals surface area contributed by atoms with Crippen molar-refractivity contribution >= 4 is 29.7 Å². The standard InChI is InChI=1S/C19H22N2OS.ClH/c20-10-15-11-21(12-17(15)13-4-2-1-3-5-13)19(22)18-16(8-9-23-18)14-6-7-14;/h1-5,8-9,14-15,17H,6-7,10-12,20H2;1H/t15-,17+;/m1./s1. The number of thiophene rings is 1. The third-order valence-corrected chi connectivity index (χ3v) is 6.08. The molecule has 1 aromatic heterocycles. The van der Waals surface area contributed by atoms with E-state index in [1.807, 2.05) is 11.0 Å². The summed E-state index contributed by atoms with van der Waals surface area (Å²) in [6, 6.07) is 12.6. The number of halogens is 1. The molecule has 1 saturated carbocycles. The first-order chi connectivity index (χ1) is 11.3. The van der Waals surface area contributed by atoms with Crippen molar-refractivity contribution in [2.24, 2.45) is 11.7 Å². The van der Waals surface area contributed by atoms with Crippen LogP contribution in [0.15, 0.2) is 41.8 Å². The van der Waals surface area contributed by atoms with Crippen molar-refractivity contribution in [2.75, 3.05) is 19.6 Å². The van der Waals surface area contributed by atoms with Gasteiger partial charge in [-0.2, -0.15) is 0 Å². The van der Waals surface area contributed by atoms with Gasteiger partial charge in [-0.15, -0.1) is 23.7 Å². The lowest BCUT2D eigenvalue weighted by molar-refractivity contribution is 0.0790. The highest BCUT2D eigenvalue weighted by atomic mass is 35.5. The van der Waals surface area contributed by atoms with E-state index in [4.69, 9.17) is 5.73 Å². The van der Waals surface area contributed by atoms with Crippen molar-refractivity contribution in [1.29, 1.82) is 0 Å². The molecule has 4 rings (SSSR count). The van der Waals surface area contributed by atoms with Crippen LogP contribution in [0, 0.1) is 5.92 Å². The van der Waals surface area contributed by atoms with Crippen molar-refractivity contribution in [1.82, 2.24) is 4.90 Å². The second-order valence-corrected chi connectivity index (χ2v) is 7.62. The van der Waals surface area contributed by atoms with E-state index in [1.165, 1.54) is 24.0 Å². The molecular formula is C19H23ClN2OS. The summed E-state index contributed by atoms with van der Waals surface area (Å²) in [6.45, 7) is 2.19. The van der Waals surface area contributed by atoms with Crippen molar-refractivity contribution in [3.8, 4) is 0 Å². The van der Waals surface area contributed by atoms with E-state index in [1.54, 1.807) is 11.3 Å². The van der Waals surface area contributed by atoms with Crippen LogP contribution in [0.3, 0.4) is 0 Å². The summed E-state index contributed by atoms with van der Waals surface area (Å²) in [5.74, 6) is 1.54. The minimum Gasteiger partial charge on any atom is -0.337 e. The Morgan fingerprint density at radius 2 is 1.92 bits per heavy atom. The van der Waals surface area contributed by atoms with E-state index in [0.717, 1.165) is 18.0 Å². The normalized spacial score (nSPS) is 23.1. The van der Waals surface area contributed by atoms with Gasteiger partial charge in [0.15, 0.2) is 0 Å². The molecule has 1 saturated heterocycles. The zero-order chi connectivity index (χ0) is 15.8. The van der Waals surface area contributed by atoms with E-state index in [0.29, 0.717) is 24.3 Å². The van der Waals surface area contributed by atoms with Crippen LogP contribution in [-0.4, -0.2) is 30.4 Å². The first-order valence-corrected chi connectivity index (χ1v) is 9.27. The van der Waals surface area contributed by atoms with Crippen LogP contribution in [0.1, 0.15) is 45.5 Å². The monoisotopic (exact) mass is 362 g/mol. The number of nitrogens with zero attached hydrogens (tertiary/aromatic N) is 1. The van der Waals surface area contributed by atoms with E-state index >= 15 is 0 Å². The molecule has 2 aliphatic rings. The van der Waals surface area contributed by atoms with Gasteiger partial charge in [0.05, 0.1) is 4.88 Å². The lowest BCUT2D eigenvalue weighted by Crippen LogP contribution is -2.29. The molecule has 2 aromatic rings. The summed E-state index contributed by atoms with van der Waals surface area (Å²) >= 11 is 1.60. The highest BCUT2D eigenvalue weighted by molar-refractivity contribution is 7.12. The molecule has 0 bridgehead atoms. The largest absolute Gasteiger partial charge is 0.337 e. The Morgan fingerprint density at radius 1 is 1.17 bits per heavy atom. The number of hydrogen-bond donors (Lipinski definition) is 1. The quantitative estimate of drug-likeness (QED) is 0.897. The summed E-state index contributed by atoms with van der Waals surface area (Å²) < 4.78 is 0.